The normalized spacial score (nSPS) is 28.6. The van der Waals surface area contributed by atoms with Gasteiger partial charge in [-0.15, -0.1) is 0 Å². The number of carbonyl (C=O) groups is 2. The number of ether oxygens (including phenoxy) is 1. The minimum Gasteiger partial charge on any atom is -0.361 e. The maximum atomic E-state index is 12.6. The minimum atomic E-state index is -3.58. The Kier molecular flexibility index (Phi) is 5.56. The van der Waals surface area contributed by atoms with E-state index in [9.17, 15) is 18.0 Å². The van der Waals surface area contributed by atoms with Crippen LogP contribution in [-0.4, -0.2) is 68.2 Å². The summed E-state index contributed by atoms with van der Waals surface area (Å²) in [6.45, 7) is 7.99. The van der Waals surface area contributed by atoms with Crippen molar-refractivity contribution in [2.45, 2.75) is 38.5 Å². The predicted octanol–water partition coefficient (Wildman–Crippen LogP) is -0.686. The molecular formula is C15H27N3O5S. The van der Waals surface area contributed by atoms with E-state index >= 15 is 0 Å². The lowest BCUT2D eigenvalue weighted by atomic mass is 9.87. The number of nitrogens with zero attached hydrogens (tertiary/aromatic N) is 1. The summed E-state index contributed by atoms with van der Waals surface area (Å²) < 4.78 is 31.9. The van der Waals surface area contributed by atoms with Crippen LogP contribution in [0.1, 0.15) is 27.7 Å². The molecule has 24 heavy (non-hydrogen) atoms. The topological polar surface area (TPSA) is 105 Å². The molecule has 2 fully saturated rings. The number of hydrogen-bond acceptors (Lipinski definition) is 5. The first kappa shape index (κ1) is 19.1. The highest BCUT2D eigenvalue weighted by Gasteiger charge is 2.59. The largest absolute Gasteiger partial charge is 0.361 e. The van der Waals surface area contributed by atoms with Crippen LogP contribution >= 0.6 is 0 Å². The molecule has 0 aliphatic carbocycles. The summed E-state index contributed by atoms with van der Waals surface area (Å²) in [6.07, 6.45) is 0. The molecule has 0 aromatic rings. The molecule has 9 heteroatoms. The predicted molar refractivity (Wildman–Crippen MR) is 88.7 cm³/mol. The fraction of sp³-hybridized carbons (Fsp3) is 0.867. The summed E-state index contributed by atoms with van der Waals surface area (Å²) in [5.74, 6) is -1.37. The van der Waals surface area contributed by atoms with Crippen LogP contribution in [0.25, 0.3) is 0 Å². The minimum absolute atomic E-state index is 0.0438. The van der Waals surface area contributed by atoms with Gasteiger partial charge in [0.1, 0.15) is 0 Å². The molecule has 0 aromatic heterocycles. The zero-order valence-electron chi connectivity index (χ0n) is 14.7. The van der Waals surface area contributed by atoms with Crippen molar-refractivity contribution in [3.8, 4) is 0 Å². The maximum Gasteiger partial charge on any atom is 0.254 e. The molecule has 2 saturated heterocycles. The van der Waals surface area contributed by atoms with Crippen LogP contribution < -0.4 is 10.6 Å². The van der Waals surface area contributed by atoms with E-state index in [0.717, 1.165) is 0 Å². The number of carbonyl (C=O) groups excluding carboxylic acids is 2. The van der Waals surface area contributed by atoms with E-state index in [-0.39, 0.29) is 31.5 Å². The van der Waals surface area contributed by atoms with Crippen LogP contribution in [0.3, 0.4) is 0 Å². The standard InChI is InChI=1S/C15H27N3O5S/c1-10(2)7-17-13(19)12-8-18(24(21,22)11(3)4)9-15(12)14(20)16-5-6-23-15/h10-12H,5-9H2,1-4H3,(H,16,20)(H,17,19)/t12-,15-/m1/s1. The molecule has 0 aromatic carbocycles. The van der Waals surface area contributed by atoms with Crippen LogP contribution in [0.2, 0.25) is 0 Å². The number of hydrogen-bond donors (Lipinski definition) is 2. The van der Waals surface area contributed by atoms with Gasteiger partial charge in [0.15, 0.2) is 5.60 Å². The highest BCUT2D eigenvalue weighted by molar-refractivity contribution is 7.89. The number of morpholine rings is 1. The van der Waals surface area contributed by atoms with Gasteiger partial charge in [0.05, 0.1) is 24.3 Å². The molecule has 0 bridgehead atoms. The second kappa shape index (κ2) is 6.97. The first-order valence-corrected chi connectivity index (χ1v) is 9.80. The van der Waals surface area contributed by atoms with Crippen LogP contribution in [0, 0.1) is 11.8 Å². The molecule has 8 nitrogen and oxygen atoms in total. The zero-order valence-corrected chi connectivity index (χ0v) is 15.5. The van der Waals surface area contributed by atoms with Crippen LogP contribution in [-0.2, 0) is 24.3 Å². The van der Waals surface area contributed by atoms with Crippen molar-refractivity contribution >= 4 is 21.8 Å². The molecule has 2 aliphatic rings. The molecule has 2 heterocycles. The third-order valence-electron chi connectivity index (χ3n) is 4.45. The Morgan fingerprint density at radius 1 is 1.42 bits per heavy atom. The SMILES string of the molecule is CC(C)CNC(=O)[C@H]1CN(S(=O)(=O)C(C)C)C[C@@]12OCCNC2=O. The third kappa shape index (κ3) is 3.43. The van der Waals surface area contributed by atoms with E-state index in [1.807, 2.05) is 13.8 Å². The highest BCUT2D eigenvalue weighted by atomic mass is 32.2. The summed E-state index contributed by atoms with van der Waals surface area (Å²) >= 11 is 0. The molecule has 2 rings (SSSR count). The van der Waals surface area contributed by atoms with Gasteiger partial charge in [-0.3, -0.25) is 9.59 Å². The lowest BCUT2D eigenvalue weighted by Crippen LogP contribution is -2.62. The van der Waals surface area contributed by atoms with Gasteiger partial charge in [0.25, 0.3) is 5.91 Å². The van der Waals surface area contributed by atoms with Gasteiger partial charge in [-0.2, -0.15) is 4.31 Å². The summed E-state index contributed by atoms with van der Waals surface area (Å²) in [7, 11) is -3.58. The molecule has 0 unspecified atom stereocenters. The number of nitrogens with one attached hydrogen (secondary N) is 2. The Morgan fingerprint density at radius 3 is 2.62 bits per heavy atom. The van der Waals surface area contributed by atoms with Crippen LogP contribution in [0.15, 0.2) is 0 Å². The van der Waals surface area contributed by atoms with Gasteiger partial charge in [-0.1, -0.05) is 13.8 Å². The number of amides is 2. The first-order valence-electron chi connectivity index (χ1n) is 8.30. The van der Waals surface area contributed by atoms with Crippen molar-refractivity contribution in [2.75, 3.05) is 32.8 Å². The first-order chi connectivity index (χ1) is 11.1. The van der Waals surface area contributed by atoms with Crippen LogP contribution in [0.5, 0.6) is 0 Å². The summed E-state index contributed by atoms with van der Waals surface area (Å²) in [5.41, 5.74) is -1.44. The summed E-state index contributed by atoms with van der Waals surface area (Å²) in [4.78, 5) is 25.1. The van der Waals surface area contributed by atoms with E-state index in [4.69, 9.17) is 4.74 Å². The van der Waals surface area contributed by atoms with E-state index in [2.05, 4.69) is 10.6 Å². The third-order valence-corrected chi connectivity index (χ3v) is 6.64. The van der Waals surface area contributed by atoms with Crippen molar-refractivity contribution < 1.29 is 22.7 Å². The maximum absolute atomic E-state index is 12.6. The Hall–Kier alpha value is -1.19. The smallest absolute Gasteiger partial charge is 0.254 e. The summed E-state index contributed by atoms with van der Waals surface area (Å²) in [5, 5.41) is 4.87. The Labute approximate surface area is 143 Å². The zero-order chi connectivity index (χ0) is 18.1. The van der Waals surface area contributed by atoms with Crippen molar-refractivity contribution in [3.05, 3.63) is 0 Å². The molecule has 2 N–H and O–H groups in total. The van der Waals surface area contributed by atoms with Crippen LogP contribution in [0.4, 0.5) is 0 Å². The van der Waals surface area contributed by atoms with E-state index in [1.165, 1.54) is 4.31 Å². The Bertz CT molecular complexity index is 604. The molecule has 138 valence electrons. The second-order valence-electron chi connectivity index (χ2n) is 7.07. The van der Waals surface area contributed by atoms with Gasteiger partial charge < -0.3 is 15.4 Å². The van der Waals surface area contributed by atoms with Gasteiger partial charge in [-0.05, 0) is 19.8 Å². The van der Waals surface area contributed by atoms with Gasteiger partial charge in [0, 0.05) is 19.6 Å². The Morgan fingerprint density at radius 2 is 2.08 bits per heavy atom. The molecule has 2 atom stereocenters. The van der Waals surface area contributed by atoms with E-state index < -0.39 is 32.7 Å². The Balaban J connectivity index is 2.31. The average molecular weight is 361 g/mol. The van der Waals surface area contributed by atoms with Crippen molar-refractivity contribution in [3.63, 3.8) is 0 Å². The second-order valence-corrected chi connectivity index (χ2v) is 9.56. The van der Waals surface area contributed by atoms with Crippen molar-refractivity contribution in [1.82, 2.24) is 14.9 Å². The van der Waals surface area contributed by atoms with Gasteiger partial charge in [-0.25, -0.2) is 8.42 Å². The average Bonchev–Trinajstić information content (AvgIpc) is 2.89. The van der Waals surface area contributed by atoms with Crippen molar-refractivity contribution in [1.29, 1.82) is 0 Å². The quantitative estimate of drug-likeness (QED) is 0.675. The van der Waals surface area contributed by atoms with E-state index in [1.54, 1.807) is 13.8 Å². The fourth-order valence-corrected chi connectivity index (χ4v) is 4.32. The summed E-state index contributed by atoms with van der Waals surface area (Å²) in [6, 6.07) is 0. The lowest BCUT2D eigenvalue weighted by Gasteiger charge is -2.36. The van der Waals surface area contributed by atoms with E-state index in [0.29, 0.717) is 13.1 Å². The van der Waals surface area contributed by atoms with Crippen molar-refractivity contribution in [2.24, 2.45) is 11.8 Å². The molecule has 2 aliphatic heterocycles. The number of rotatable bonds is 5. The van der Waals surface area contributed by atoms with Gasteiger partial charge in [0.2, 0.25) is 15.9 Å². The number of sulfonamides is 1. The molecule has 0 saturated carbocycles. The molecule has 2 amide bonds. The lowest BCUT2D eigenvalue weighted by molar-refractivity contribution is -0.163. The highest BCUT2D eigenvalue weighted by Crippen LogP contribution is 2.35. The fourth-order valence-electron chi connectivity index (χ4n) is 2.99. The molecular weight excluding hydrogens is 334 g/mol. The monoisotopic (exact) mass is 361 g/mol. The molecule has 0 radical (unpaired) electrons. The van der Waals surface area contributed by atoms with Gasteiger partial charge >= 0.3 is 0 Å². The molecule has 1 spiro atoms.